The third kappa shape index (κ3) is 6.01. The van der Waals surface area contributed by atoms with Gasteiger partial charge in [0.05, 0.1) is 5.69 Å². The lowest BCUT2D eigenvalue weighted by Gasteiger charge is -2.00. The lowest BCUT2D eigenvalue weighted by molar-refractivity contribution is -0.134. The van der Waals surface area contributed by atoms with Crippen LogP contribution in [0.4, 0.5) is 0 Å². The number of halogens is 1. The standard InChI is InChI=1S/C8H11ClN2.C2H4O2/c1-3-6-5-7(4-2)10-11-8(6)9;1-2(3)4/h5H,3-4H2,1-2H3;1H3,(H,3,4). The summed E-state index contributed by atoms with van der Waals surface area (Å²) in [5, 5.41) is 15.7. The van der Waals surface area contributed by atoms with Gasteiger partial charge in [0.15, 0.2) is 5.15 Å². The molecule has 1 aromatic rings. The zero-order chi connectivity index (χ0) is 11.8. The first kappa shape index (κ1) is 13.8. The summed E-state index contributed by atoms with van der Waals surface area (Å²) in [6.45, 7) is 5.19. The van der Waals surface area contributed by atoms with Gasteiger partial charge >= 0.3 is 0 Å². The Morgan fingerprint density at radius 3 is 2.33 bits per heavy atom. The Hall–Kier alpha value is -1.16. The number of aromatic nitrogens is 2. The number of aryl methyl sites for hydroxylation is 2. The van der Waals surface area contributed by atoms with Crippen molar-refractivity contribution < 1.29 is 9.90 Å². The molecule has 5 heteroatoms. The van der Waals surface area contributed by atoms with E-state index < -0.39 is 5.97 Å². The van der Waals surface area contributed by atoms with Crippen molar-refractivity contribution in [2.24, 2.45) is 0 Å². The molecule has 4 nitrogen and oxygen atoms in total. The zero-order valence-electron chi connectivity index (χ0n) is 9.12. The molecule has 1 aromatic heterocycles. The van der Waals surface area contributed by atoms with Crippen LogP contribution in [0.15, 0.2) is 6.07 Å². The number of carboxylic acid groups (broad SMARTS) is 1. The minimum Gasteiger partial charge on any atom is -0.481 e. The summed E-state index contributed by atoms with van der Waals surface area (Å²) >= 11 is 5.78. The number of rotatable bonds is 2. The Labute approximate surface area is 94.3 Å². The lowest BCUT2D eigenvalue weighted by atomic mass is 10.2. The molecule has 0 amide bonds. The van der Waals surface area contributed by atoms with Crippen LogP contribution in [0.3, 0.4) is 0 Å². The van der Waals surface area contributed by atoms with Crippen LogP contribution >= 0.6 is 11.6 Å². The molecule has 0 fully saturated rings. The van der Waals surface area contributed by atoms with E-state index in [2.05, 4.69) is 24.0 Å². The van der Waals surface area contributed by atoms with E-state index in [1.807, 2.05) is 6.07 Å². The van der Waals surface area contributed by atoms with Crippen LogP contribution in [0.25, 0.3) is 0 Å². The third-order valence-electron chi connectivity index (χ3n) is 1.62. The molecular weight excluding hydrogens is 216 g/mol. The molecule has 1 N–H and O–H groups in total. The van der Waals surface area contributed by atoms with Crippen molar-refractivity contribution in [1.82, 2.24) is 10.2 Å². The van der Waals surface area contributed by atoms with Gasteiger partial charge in [0.2, 0.25) is 0 Å². The summed E-state index contributed by atoms with van der Waals surface area (Å²) < 4.78 is 0. The van der Waals surface area contributed by atoms with E-state index in [1.54, 1.807) is 0 Å². The predicted octanol–water partition coefficient (Wildman–Crippen LogP) is 2.35. The normalized spacial score (nSPS) is 9.07. The van der Waals surface area contributed by atoms with Crippen LogP contribution in [-0.4, -0.2) is 21.3 Å². The second-order valence-corrected chi connectivity index (χ2v) is 3.24. The summed E-state index contributed by atoms with van der Waals surface area (Å²) in [6.07, 6.45) is 1.83. The Morgan fingerprint density at radius 2 is 1.93 bits per heavy atom. The molecule has 0 spiro atoms. The van der Waals surface area contributed by atoms with Crippen LogP contribution in [0.5, 0.6) is 0 Å². The predicted molar refractivity (Wildman–Crippen MR) is 59.1 cm³/mol. The second kappa shape index (κ2) is 7.17. The minimum absolute atomic E-state index is 0.532. The Balaban J connectivity index is 0.000000423. The van der Waals surface area contributed by atoms with E-state index in [1.165, 1.54) is 0 Å². The summed E-state index contributed by atoms with van der Waals surface area (Å²) in [6, 6.07) is 2.01. The summed E-state index contributed by atoms with van der Waals surface area (Å²) in [7, 11) is 0. The highest BCUT2D eigenvalue weighted by Gasteiger charge is 2.00. The van der Waals surface area contributed by atoms with Gasteiger partial charge < -0.3 is 5.11 Å². The quantitative estimate of drug-likeness (QED) is 0.847. The fourth-order valence-electron chi connectivity index (χ4n) is 0.883. The molecule has 0 saturated heterocycles. The van der Waals surface area contributed by atoms with Crippen molar-refractivity contribution >= 4 is 17.6 Å². The average Bonchev–Trinajstić information content (AvgIpc) is 2.18. The smallest absolute Gasteiger partial charge is 0.300 e. The second-order valence-electron chi connectivity index (χ2n) is 2.88. The molecule has 0 aliphatic rings. The monoisotopic (exact) mass is 230 g/mol. The van der Waals surface area contributed by atoms with Crippen molar-refractivity contribution in [2.75, 3.05) is 0 Å². The zero-order valence-corrected chi connectivity index (χ0v) is 9.88. The number of hydrogen-bond acceptors (Lipinski definition) is 3. The summed E-state index contributed by atoms with van der Waals surface area (Å²) in [5.74, 6) is -0.833. The van der Waals surface area contributed by atoms with Crippen molar-refractivity contribution in [3.8, 4) is 0 Å². The van der Waals surface area contributed by atoms with Crippen molar-refractivity contribution in [3.63, 3.8) is 0 Å². The first-order valence-corrected chi connectivity index (χ1v) is 5.09. The molecule has 0 aliphatic carbocycles. The third-order valence-corrected chi connectivity index (χ3v) is 1.93. The molecule has 0 bridgehead atoms. The maximum Gasteiger partial charge on any atom is 0.300 e. The van der Waals surface area contributed by atoms with E-state index in [0.717, 1.165) is 31.0 Å². The molecular formula is C10H15ClN2O2. The minimum atomic E-state index is -0.833. The molecule has 15 heavy (non-hydrogen) atoms. The van der Waals surface area contributed by atoms with Crippen LogP contribution in [-0.2, 0) is 17.6 Å². The molecule has 0 saturated carbocycles. The lowest BCUT2D eigenvalue weighted by Crippen LogP contribution is -1.95. The maximum atomic E-state index is 9.00. The Bertz CT molecular complexity index is 325. The van der Waals surface area contributed by atoms with Crippen LogP contribution in [0.2, 0.25) is 5.15 Å². The molecule has 1 rings (SSSR count). The van der Waals surface area contributed by atoms with Gasteiger partial charge in [-0.05, 0) is 24.5 Å². The van der Waals surface area contributed by atoms with Gasteiger partial charge in [0.25, 0.3) is 5.97 Å². The largest absolute Gasteiger partial charge is 0.481 e. The topological polar surface area (TPSA) is 63.1 Å². The number of hydrogen-bond donors (Lipinski definition) is 1. The fourth-order valence-corrected chi connectivity index (χ4v) is 1.11. The van der Waals surface area contributed by atoms with Crippen molar-refractivity contribution in [1.29, 1.82) is 0 Å². The van der Waals surface area contributed by atoms with E-state index in [4.69, 9.17) is 21.5 Å². The van der Waals surface area contributed by atoms with Crippen molar-refractivity contribution in [2.45, 2.75) is 33.6 Å². The first-order valence-electron chi connectivity index (χ1n) is 4.71. The van der Waals surface area contributed by atoms with Gasteiger partial charge in [-0.25, -0.2) is 0 Å². The summed E-state index contributed by atoms with van der Waals surface area (Å²) in [4.78, 5) is 9.00. The molecule has 0 aliphatic heterocycles. The van der Waals surface area contributed by atoms with Crippen LogP contribution in [0, 0.1) is 0 Å². The Morgan fingerprint density at radius 1 is 1.40 bits per heavy atom. The molecule has 84 valence electrons. The SMILES string of the molecule is CC(=O)O.CCc1cc(CC)c(Cl)nn1. The van der Waals surface area contributed by atoms with E-state index in [-0.39, 0.29) is 0 Å². The Kier molecular flexibility index (Phi) is 6.62. The number of aliphatic carboxylic acids is 1. The van der Waals surface area contributed by atoms with Gasteiger partial charge in [-0.3, -0.25) is 4.79 Å². The van der Waals surface area contributed by atoms with Gasteiger partial charge in [0.1, 0.15) is 0 Å². The number of carbonyl (C=O) groups is 1. The number of carboxylic acids is 1. The molecule has 0 aromatic carbocycles. The van der Waals surface area contributed by atoms with E-state index >= 15 is 0 Å². The molecule has 0 radical (unpaired) electrons. The highest BCUT2D eigenvalue weighted by atomic mass is 35.5. The molecule has 1 heterocycles. The average molecular weight is 231 g/mol. The van der Waals surface area contributed by atoms with E-state index in [9.17, 15) is 0 Å². The van der Waals surface area contributed by atoms with Gasteiger partial charge in [0, 0.05) is 6.92 Å². The van der Waals surface area contributed by atoms with Crippen LogP contribution < -0.4 is 0 Å². The molecule has 0 atom stereocenters. The number of nitrogens with zero attached hydrogens (tertiary/aromatic N) is 2. The van der Waals surface area contributed by atoms with Crippen molar-refractivity contribution in [3.05, 3.63) is 22.5 Å². The summed E-state index contributed by atoms with van der Waals surface area (Å²) in [5.41, 5.74) is 2.09. The fraction of sp³-hybridized carbons (Fsp3) is 0.500. The van der Waals surface area contributed by atoms with Gasteiger partial charge in [-0.15, -0.1) is 5.10 Å². The first-order chi connectivity index (χ1) is 7.01. The van der Waals surface area contributed by atoms with E-state index in [0.29, 0.717) is 5.15 Å². The highest BCUT2D eigenvalue weighted by Crippen LogP contribution is 2.12. The van der Waals surface area contributed by atoms with Crippen LogP contribution in [0.1, 0.15) is 32.0 Å². The van der Waals surface area contributed by atoms with Gasteiger partial charge in [-0.1, -0.05) is 25.4 Å². The van der Waals surface area contributed by atoms with Gasteiger partial charge in [-0.2, -0.15) is 5.10 Å². The maximum absolute atomic E-state index is 9.00. The molecule has 0 unspecified atom stereocenters. The highest BCUT2D eigenvalue weighted by molar-refractivity contribution is 6.30.